The minimum absolute atomic E-state index is 0.156. The van der Waals surface area contributed by atoms with Gasteiger partial charge >= 0.3 is 0 Å². The maximum Gasteiger partial charge on any atom is 0.224 e. The van der Waals surface area contributed by atoms with Crippen molar-refractivity contribution in [2.75, 3.05) is 39.3 Å². The lowest BCUT2D eigenvalue weighted by Crippen LogP contribution is -2.40. The van der Waals surface area contributed by atoms with Gasteiger partial charge in [0.1, 0.15) is 0 Å². The molecular formula is C18H34N4O2. The zero-order chi connectivity index (χ0) is 17.0. The summed E-state index contributed by atoms with van der Waals surface area (Å²) in [5, 5.41) is 12.6. The van der Waals surface area contributed by atoms with E-state index in [1.165, 1.54) is 0 Å². The molecule has 0 aromatic heterocycles. The van der Waals surface area contributed by atoms with Gasteiger partial charge in [0.25, 0.3) is 0 Å². The number of rotatable bonds is 9. The van der Waals surface area contributed by atoms with Gasteiger partial charge in [-0.2, -0.15) is 0 Å². The quantitative estimate of drug-likeness (QED) is 0.468. The second-order valence-corrected chi connectivity index (χ2v) is 7.08. The average molecular weight is 338 g/mol. The molecule has 2 saturated heterocycles. The third-order valence-corrected chi connectivity index (χ3v) is 5.04. The van der Waals surface area contributed by atoms with Gasteiger partial charge in [-0.15, -0.1) is 0 Å². The summed E-state index contributed by atoms with van der Waals surface area (Å²) in [7, 11) is 0. The fourth-order valence-corrected chi connectivity index (χ4v) is 3.47. The third-order valence-electron chi connectivity index (χ3n) is 5.04. The Hall–Kier alpha value is -1.14. The van der Waals surface area contributed by atoms with Gasteiger partial charge in [0.2, 0.25) is 11.8 Å². The van der Waals surface area contributed by atoms with Gasteiger partial charge in [0.05, 0.1) is 11.8 Å². The Morgan fingerprint density at radius 1 is 0.750 bits per heavy atom. The van der Waals surface area contributed by atoms with Crippen LogP contribution in [0, 0.1) is 11.8 Å². The van der Waals surface area contributed by atoms with Crippen LogP contribution < -0.4 is 21.3 Å². The third kappa shape index (κ3) is 7.18. The van der Waals surface area contributed by atoms with Gasteiger partial charge in [-0.3, -0.25) is 9.59 Å². The molecule has 6 heteroatoms. The van der Waals surface area contributed by atoms with E-state index in [2.05, 4.69) is 21.3 Å². The molecule has 4 N–H and O–H groups in total. The maximum absolute atomic E-state index is 12.0. The molecule has 2 rings (SSSR count). The number of carbonyl (C=O) groups is 2. The zero-order valence-electron chi connectivity index (χ0n) is 14.9. The lowest BCUT2D eigenvalue weighted by atomic mass is 9.99. The minimum atomic E-state index is 0.156. The van der Waals surface area contributed by atoms with E-state index in [1.54, 1.807) is 0 Å². The maximum atomic E-state index is 12.0. The van der Waals surface area contributed by atoms with E-state index in [0.717, 1.165) is 90.6 Å². The van der Waals surface area contributed by atoms with E-state index < -0.39 is 0 Å². The molecule has 0 spiro atoms. The molecule has 2 heterocycles. The first-order chi connectivity index (χ1) is 11.8. The van der Waals surface area contributed by atoms with E-state index in [0.29, 0.717) is 0 Å². The Bertz CT molecular complexity index is 341. The molecule has 24 heavy (non-hydrogen) atoms. The summed E-state index contributed by atoms with van der Waals surface area (Å²) in [5.74, 6) is 0.720. The Labute approximate surface area is 145 Å². The predicted octanol–water partition coefficient (Wildman–Crippen LogP) is 0.778. The van der Waals surface area contributed by atoms with E-state index in [9.17, 15) is 9.59 Å². The first-order valence-electron chi connectivity index (χ1n) is 9.74. The van der Waals surface area contributed by atoms with Crippen molar-refractivity contribution in [1.82, 2.24) is 21.3 Å². The van der Waals surface area contributed by atoms with Gasteiger partial charge in [-0.1, -0.05) is 12.8 Å². The van der Waals surface area contributed by atoms with Crippen LogP contribution in [0.3, 0.4) is 0 Å². The van der Waals surface area contributed by atoms with Crippen molar-refractivity contribution in [2.45, 2.75) is 51.4 Å². The number of piperidine rings is 2. The molecular weight excluding hydrogens is 304 g/mol. The fourth-order valence-electron chi connectivity index (χ4n) is 3.47. The molecule has 2 aliphatic heterocycles. The van der Waals surface area contributed by atoms with Crippen LogP contribution in [0.25, 0.3) is 0 Å². The molecule has 0 radical (unpaired) electrons. The standard InChI is InChI=1S/C18H34N4O2/c23-17(15-7-5-9-19-13-15)21-11-3-1-2-4-12-22-18(24)16-8-6-10-20-14-16/h15-16,19-20H,1-14H2,(H,21,23)(H,22,24). The Kier molecular flexibility index (Phi) is 9.13. The second kappa shape index (κ2) is 11.4. The zero-order valence-corrected chi connectivity index (χ0v) is 14.9. The molecule has 0 bridgehead atoms. The highest BCUT2D eigenvalue weighted by Crippen LogP contribution is 2.10. The van der Waals surface area contributed by atoms with Crippen LogP contribution in [0.1, 0.15) is 51.4 Å². The number of nitrogens with one attached hydrogen (secondary N) is 4. The van der Waals surface area contributed by atoms with Crippen LogP contribution in [0.2, 0.25) is 0 Å². The Balaban J connectivity index is 1.40. The molecule has 2 fully saturated rings. The van der Waals surface area contributed by atoms with Crippen LogP contribution in [0.5, 0.6) is 0 Å². The molecule has 0 aromatic carbocycles. The summed E-state index contributed by atoms with van der Waals surface area (Å²) in [6, 6.07) is 0. The van der Waals surface area contributed by atoms with E-state index in [-0.39, 0.29) is 23.7 Å². The predicted molar refractivity (Wildman–Crippen MR) is 95.7 cm³/mol. The van der Waals surface area contributed by atoms with Crippen LogP contribution in [0.15, 0.2) is 0 Å². The topological polar surface area (TPSA) is 82.3 Å². The number of carbonyl (C=O) groups excluding carboxylic acids is 2. The number of amides is 2. The summed E-state index contributed by atoms with van der Waals surface area (Å²) in [5.41, 5.74) is 0. The highest BCUT2D eigenvalue weighted by molar-refractivity contribution is 5.79. The molecule has 2 aliphatic rings. The summed E-state index contributed by atoms with van der Waals surface area (Å²) >= 11 is 0. The van der Waals surface area contributed by atoms with Crippen molar-refractivity contribution in [3.05, 3.63) is 0 Å². The minimum Gasteiger partial charge on any atom is -0.356 e. The molecule has 2 atom stereocenters. The first-order valence-corrected chi connectivity index (χ1v) is 9.74. The monoisotopic (exact) mass is 338 g/mol. The first kappa shape index (κ1) is 19.2. The van der Waals surface area contributed by atoms with Gasteiger partial charge in [-0.05, 0) is 51.6 Å². The lowest BCUT2D eigenvalue weighted by Gasteiger charge is -2.22. The van der Waals surface area contributed by atoms with Crippen LogP contribution >= 0.6 is 0 Å². The van der Waals surface area contributed by atoms with Crippen molar-refractivity contribution < 1.29 is 9.59 Å². The summed E-state index contributed by atoms with van der Waals surface area (Å²) in [4.78, 5) is 23.9. The van der Waals surface area contributed by atoms with Crippen molar-refractivity contribution in [3.8, 4) is 0 Å². The number of unbranched alkanes of at least 4 members (excludes halogenated alkanes) is 3. The normalized spacial score (nSPS) is 24.3. The highest BCUT2D eigenvalue weighted by Gasteiger charge is 2.20. The molecule has 138 valence electrons. The summed E-state index contributed by atoms with van der Waals surface area (Å²) < 4.78 is 0. The largest absolute Gasteiger partial charge is 0.356 e. The van der Waals surface area contributed by atoms with E-state index in [1.807, 2.05) is 0 Å². The molecule has 0 aromatic rings. The SMILES string of the molecule is O=C(NCCCCCCNC(=O)C1CCCNC1)C1CCCNC1. The van der Waals surface area contributed by atoms with Gasteiger partial charge in [0, 0.05) is 26.2 Å². The Morgan fingerprint density at radius 2 is 1.21 bits per heavy atom. The lowest BCUT2D eigenvalue weighted by molar-refractivity contribution is -0.126. The molecule has 2 amide bonds. The smallest absolute Gasteiger partial charge is 0.224 e. The Morgan fingerprint density at radius 3 is 1.58 bits per heavy atom. The van der Waals surface area contributed by atoms with Gasteiger partial charge < -0.3 is 21.3 Å². The van der Waals surface area contributed by atoms with Crippen LogP contribution in [-0.4, -0.2) is 51.1 Å². The van der Waals surface area contributed by atoms with E-state index in [4.69, 9.17) is 0 Å². The average Bonchev–Trinajstić information content (AvgIpc) is 2.65. The highest BCUT2D eigenvalue weighted by atomic mass is 16.2. The molecule has 0 aliphatic carbocycles. The van der Waals surface area contributed by atoms with Crippen molar-refractivity contribution in [3.63, 3.8) is 0 Å². The number of hydrogen-bond acceptors (Lipinski definition) is 4. The van der Waals surface area contributed by atoms with Crippen LogP contribution in [0.4, 0.5) is 0 Å². The van der Waals surface area contributed by atoms with Gasteiger partial charge in [0.15, 0.2) is 0 Å². The summed E-state index contributed by atoms with van der Waals surface area (Å²) in [6.07, 6.45) is 8.46. The van der Waals surface area contributed by atoms with Crippen molar-refractivity contribution in [1.29, 1.82) is 0 Å². The molecule has 2 unspecified atom stereocenters. The summed E-state index contributed by atoms with van der Waals surface area (Å²) in [6.45, 7) is 5.27. The van der Waals surface area contributed by atoms with Crippen molar-refractivity contribution in [2.24, 2.45) is 11.8 Å². The number of hydrogen-bond donors (Lipinski definition) is 4. The van der Waals surface area contributed by atoms with Crippen LogP contribution in [-0.2, 0) is 9.59 Å². The molecule has 0 saturated carbocycles. The second-order valence-electron chi connectivity index (χ2n) is 7.08. The van der Waals surface area contributed by atoms with Gasteiger partial charge in [-0.25, -0.2) is 0 Å². The molecule has 6 nitrogen and oxygen atoms in total. The van der Waals surface area contributed by atoms with E-state index >= 15 is 0 Å². The fraction of sp³-hybridized carbons (Fsp3) is 0.889. The van der Waals surface area contributed by atoms with Crippen molar-refractivity contribution >= 4 is 11.8 Å².